The first kappa shape index (κ1) is 22.7. The fraction of sp³-hybridized carbons (Fsp3) is 0.261. The van der Waals surface area contributed by atoms with Gasteiger partial charge in [-0.25, -0.2) is 5.43 Å². The molecule has 0 spiro atoms. The molecule has 0 heterocycles. The Bertz CT molecular complexity index is 863. The molecule has 158 valence electrons. The lowest BCUT2D eigenvalue weighted by atomic mass is 10.2. The summed E-state index contributed by atoms with van der Waals surface area (Å²) in [5, 5.41) is 6.45. The van der Waals surface area contributed by atoms with Gasteiger partial charge in [0.25, 0.3) is 11.8 Å². The Balaban J connectivity index is 1.75. The molecule has 0 atom stereocenters. The number of hydrogen-bond donors (Lipinski definition) is 2. The Morgan fingerprint density at radius 2 is 1.90 bits per heavy atom. The molecule has 2 N–H and O–H groups in total. The van der Waals surface area contributed by atoms with Gasteiger partial charge in [0.2, 0.25) is 0 Å². The van der Waals surface area contributed by atoms with Gasteiger partial charge in [-0.15, -0.1) is 0 Å². The molecule has 2 amide bonds. The molecule has 2 aromatic rings. The smallest absolute Gasteiger partial charge is 0.259 e. The quantitative estimate of drug-likeness (QED) is 0.244. The van der Waals surface area contributed by atoms with E-state index in [-0.39, 0.29) is 12.5 Å². The number of unbranched alkanes of at least 4 members (excludes halogenated alkanes) is 1. The molecule has 0 radical (unpaired) electrons. The van der Waals surface area contributed by atoms with Gasteiger partial charge in [-0.2, -0.15) is 5.10 Å². The van der Waals surface area contributed by atoms with E-state index in [1.54, 1.807) is 36.4 Å². The minimum absolute atomic E-state index is 0.187. The van der Waals surface area contributed by atoms with Crippen molar-refractivity contribution in [2.45, 2.75) is 19.8 Å². The van der Waals surface area contributed by atoms with Gasteiger partial charge < -0.3 is 14.8 Å². The monoisotopic (exact) mass is 409 g/mol. The Labute approximate surface area is 176 Å². The maximum absolute atomic E-state index is 12.1. The molecular weight excluding hydrogens is 382 g/mol. The van der Waals surface area contributed by atoms with Crippen LogP contribution in [0.15, 0.2) is 66.3 Å². The molecule has 30 heavy (non-hydrogen) atoms. The lowest BCUT2D eigenvalue weighted by molar-refractivity contribution is -0.120. The van der Waals surface area contributed by atoms with Crippen LogP contribution in [-0.2, 0) is 4.79 Å². The lowest BCUT2D eigenvalue weighted by Gasteiger charge is -2.07. The molecule has 7 heteroatoms. The molecule has 0 fully saturated rings. The van der Waals surface area contributed by atoms with Crippen molar-refractivity contribution >= 4 is 18.0 Å². The summed E-state index contributed by atoms with van der Waals surface area (Å²) in [5.41, 5.74) is 3.59. The maximum Gasteiger partial charge on any atom is 0.259 e. The Hall–Kier alpha value is -3.61. The van der Waals surface area contributed by atoms with Gasteiger partial charge in [0.05, 0.1) is 19.4 Å². The van der Waals surface area contributed by atoms with Gasteiger partial charge >= 0.3 is 0 Å². The summed E-state index contributed by atoms with van der Waals surface area (Å²) in [6.07, 6.45) is 5.19. The van der Waals surface area contributed by atoms with Crippen LogP contribution >= 0.6 is 0 Å². The zero-order valence-electron chi connectivity index (χ0n) is 17.1. The summed E-state index contributed by atoms with van der Waals surface area (Å²) in [4.78, 5) is 24.0. The number of carbonyl (C=O) groups is 2. The summed E-state index contributed by atoms with van der Waals surface area (Å²) >= 11 is 0. The third kappa shape index (κ3) is 8.18. The zero-order chi connectivity index (χ0) is 21.6. The second kappa shape index (κ2) is 12.8. The molecule has 0 aliphatic heterocycles. The third-order valence-electron chi connectivity index (χ3n) is 3.92. The van der Waals surface area contributed by atoms with Crippen molar-refractivity contribution in [3.05, 3.63) is 72.3 Å². The number of hydrazone groups is 1. The van der Waals surface area contributed by atoms with Crippen LogP contribution in [-0.4, -0.2) is 37.8 Å². The number of nitrogens with zero attached hydrogens (tertiary/aromatic N) is 1. The van der Waals surface area contributed by atoms with Gasteiger partial charge in [0, 0.05) is 5.56 Å². The van der Waals surface area contributed by atoms with Gasteiger partial charge in [0.15, 0.2) is 0 Å². The SMILES string of the molecule is C=CCOc1cccc(/C=N\NC(=O)CNC(=O)c2ccc(OCCCC)cc2)c1. The molecule has 0 aliphatic carbocycles. The van der Waals surface area contributed by atoms with E-state index < -0.39 is 5.91 Å². The predicted molar refractivity (Wildman–Crippen MR) is 117 cm³/mol. The number of carbonyl (C=O) groups excluding carboxylic acids is 2. The Morgan fingerprint density at radius 1 is 1.10 bits per heavy atom. The van der Waals surface area contributed by atoms with Crippen LogP contribution in [0, 0.1) is 0 Å². The lowest BCUT2D eigenvalue weighted by Crippen LogP contribution is -2.34. The molecule has 2 aromatic carbocycles. The highest BCUT2D eigenvalue weighted by Crippen LogP contribution is 2.13. The average molecular weight is 409 g/mol. The standard InChI is InChI=1S/C23H27N3O4/c1-3-5-14-30-20-11-9-19(10-12-20)23(28)24-17-22(27)26-25-16-18-7-6-8-21(15-18)29-13-4-2/h4,6-12,15-16H,2-3,5,13-14,17H2,1H3,(H,24,28)(H,26,27)/b25-16-. The van der Waals surface area contributed by atoms with E-state index in [4.69, 9.17) is 9.47 Å². The Morgan fingerprint density at radius 3 is 2.63 bits per heavy atom. The highest BCUT2D eigenvalue weighted by Gasteiger charge is 2.08. The van der Waals surface area contributed by atoms with E-state index in [1.807, 2.05) is 18.2 Å². The molecule has 0 saturated carbocycles. The second-order valence-corrected chi connectivity index (χ2v) is 6.37. The van der Waals surface area contributed by atoms with Crippen molar-refractivity contribution in [2.75, 3.05) is 19.8 Å². The summed E-state index contributed by atoms with van der Waals surface area (Å²) in [5.74, 6) is 0.616. The predicted octanol–water partition coefficient (Wildman–Crippen LogP) is 3.31. The fourth-order valence-corrected chi connectivity index (χ4v) is 2.36. The molecule has 7 nitrogen and oxygen atoms in total. The van der Waals surface area contributed by atoms with Crippen LogP contribution in [0.1, 0.15) is 35.7 Å². The number of amides is 2. The molecule has 0 aromatic heterocycles. The highest BCUT2D eigenvalue weighted by atomic mass is 16.5. The normalized spacial score (nSPS) is 10.4. The minimum Gasteiger partial charge on any atom is -0.494 e. The van der Waals surface area contributed by atoms with E-state index in [9.17, 15) is 9.59 Å². The number of ether oxygens (including phenoxy) is 2. The third-order valence-corrected chi connectivity index (χ3v) is 3.92. The van der Waals surface area contributed by atoms with E-state index in [2.05, 4.69) is 29.3 Å². The molecule has 0 aliphatic rings. The van der Waals surface area contributed by atoms with Crippen LogP contribution in [0.25, 0.3) is 0 Å². The number of rotatable bonds is 12. The summed E-state index contributed by atoms with van der Waals surface area (Å²) in [7, 11) is 0. The van der Waals surface area contributed by atoms with Gasteiger partial charge in [0.1, 0.15) is 18.1 Å². The largest absolute Gasteiger partial charge is 0.494 e. The number of hydrogen-bond acceptors (Lipinski definition) is 5. The van der Waals surface area contributed by atoms with Gasteiger partial charge in [-0.3, -0.25) is 9.59 Å². The Kier molecular flexibility index (Phi) is 9.65. The van der Waals surface area contributed by atoms with Gasteiger partial charge in [-0.05, 0) is 48.4 Å². The van der Waals surface area contributed by atoms with Crippen molar-refractivity contribution < 1.29 is 19.1 Å². The van der Waals surface area contributed by atoms with Crippen LogP contribution in [0.2, 0.25) is 0 Å². The van der Waals surface area contributed by atoms with E-state index in [0.29, 0.717) is 30.3 Å². The minimum atomic E-state index is -0.432. The topological polar surface area (TPSA) is 89.0 Å². The zero-order valence-corrected chi connectivity index (χ0v) is 17.1. The number of benzene rings is 2. The maximum atomic E-state index is 12.1. The van der Waals surface area contributed by atoms with Crippen molar-refractivity contribution in [3.63, 3.8) is 0 Å². The fourth-order valence-electron chi connectivity index (χ4n) is 2.36. The van der Waals surface area contributed by atoms with Crippen molar-refractivity contribution in [2.24, 2.45) is 5.10 Å². The van der Waals surface area contributed by atoms with Gasteiger partial charge in [-0.1, -0.05) is 38.1 Å². The van der Waals surface area contributed by atoms with Crippen LogP contribution in [0.4, 0.5) is 0 Å². The summed E-state index contributed by atoms with van der Waals surface area (Å²) in [6, 6.07) is 14.1. The van der Waals surface area contributed by atoms with Crippen LogP contribution in [0.5, 0.6) is 11.5 Å². The van der Waals surface area contributed by atoms with Crippen LogP contribution < -0.4 is 20.2 Å². The van der Waals surface area contributed by atoms with E-state index in [0.717, 1.165) is 18.4 Å². The number of nitrogens with one attached hydrogen (secondary N) is 2. The van der Waals surface area contributed by atoms with E-state index in [1.165, 1.54) is 6.21 Å². The first-order chi connectivity index (χ1) is 14.6. The van der Waals surface area contributed by atoms with Crippen molar-refractivity contribution in [1.29, 1.82) is 0 Å². The molecule has 0 unspecified atom stereocenters. The second-order valence-electron chi connectivity index (χ2n) is 6.37. The van der Waals surface area contributed by atoms with E-state index >= 15 is 0 Å². The summed E-state index contributed by atoms with van der Waals surface area (Å²) < 4.78 is 11.0. The van der Waals surface area contributed by atoms with Crippen molar-refractivity contribution in [1.82, 2.24) is 10.7 Å². The molecule has 0 bridgehead atoms. The van der Waals surface area contributed by atoms with Crippen molar-refractivity contribution in [3.8, 4) is 11.5 Å². The summed E-state index contributed by atoms with van der Waals surface area (Å²) in [6.45, 7) is 6.56. The molecule has 0 saturated heterocycles. The first-order valence-electron chi connectivity index (χ1n) is 9.79. The molecule has 2 rings (SSSR count). The van der Waals surface area contributed by atoms with Crippen LogP contribution in [0.3, 0.4) is 0 Å². The average Bonchev–Trinajstić information content (AvgIpc) is 2.77. The molecular formula is C23H27N3O4. The highest BCUT2D eigenvalue weighted by molar-refractivity contribution is 5.96. The first-order valence-corrected chi connectivity index (χ1v) is 9.79.